The summed E-state index contributed by atoms with van der Waals surface area (Å²) in [5, 5.41) is 5.48. The zero-order valence-corrected chi connectivity index (χ0v) is 15.1. The van der Waals surface area contributed by atoms with Crippen LogP contribution in [0.25, 0.3) is 0 Å². The monoisotopic (exact) mass is 367 g/mol. The number of pyridine rings is 1. The summed E-state index contributed by atoms with van der Waals surface area (Å²) in [7, 11) is 1.26. The van der Waals surface area contributed by atoms with E-state index in [-0.39, 0.29) is 11.8 Å². The van der Waals surface area contributed by atoms with E-state index in [4.69, 9.17) is 4.74 Å². The van der Waals surface area contributed by atoms with E-state index >= 15 is 0 Å². The van der Waals surface area contributed by atoms with Crippen molar-refractivity contribution >= 4 is 23.5 Å². The Bertz CT molecular complexity index is 853. The molecule has 1 heterocycles. The van der Waals surface area contributed by atoms with Crippen LogP contribution in [-0.2, 0) is 14.3 Å². The quantitative estimate of drug-likeness (QED) is 0.764. The third-order valence-electron chi connectivity index (χ3n) is 4.57. The Morgan fingerprint density at radius 1 is 1.22 bits per heavy atom. The molecular formula is C20H21N3O4. The van der Waals surface area contributed by atoms with Crippen molar-refractivity contribution in [1.29, 1.82) is 0 Å². The molecule has 0 bridgehead atoms. The maximum atomic E-state index is 12.6. The molecule has 1 aromatic heterocycles. The smallest absolute Gasteiger partial charge is 0.333 e. The van der Waals surface area contributed by atoms with Crippen molar-refractivity contribution in [2.24, 2.45) is 11.8 Å². The molecule has 2 aromatic rings. The summed E-state index contributed by atoms with van der Waals surface area (Å²) in [4.78, 5) is 40.8. The molecule has 3 rings (SSSR count). The predicted molar refractivity (Wildman–Crippen MR) is 98.8 cm³/mol. The van der Waals surface area contributed by atoms with Gasteiger partial charge in [0.15, 0.2) is 6.04 Å². The molecule has 1 aliphatic carbocycles. The SMILES string of the molecule is COC(=O)[C@H](NC(=O)c1cccc(NC(=O)[C@H]2C[C@H]2C)c1)c1cccnc1. The van der Waals surface area contributed by atoms with Crippen molar-refractivity contribution in [3.8, 4) is 0 Å². The van der Waals surface area contributed by atoms with E-state index in [9.17, 15) is 14.4 Å². The molecule has 1 fully saturated rings. The maximum absolute atomic E-state index is 12.6. The number of ether oxygens (including phenoxy) is 1. The van der Waals surface area contributed by atoms with Gasteiger partial charge in [-0.25, -0.2) is 4.79 Å². The summed E-state index contributed by atoms with van der Waals surface area (Å²) < 4.78 is 4.78. The number of nitrogens with one attached hydrogen (secondary N) is 2. The van der Waals surface area contributed by atoms with Crippen LogP contribution in [0.4, 0.5) is 5.69 Å². The molecule has 0 spiro atoms. The van der Waals surface area contributed by atoms with Gasteiger partial charge >= 0.3 is 5.97 Å². The largest absolute Gasteiger partial charge is 0.467 e. The van der Waals surface area contributed by atoms with Crippen LogP contribution in [0.1, 0.15) is 35.3 Å². The second-order valence-electron chi connectivity index (χ2n) is 6.61. The molecule has 0 saturated heterocycles. The molecule has 2 N–H and O–H groups in total. The van der Waals surface area contributed by atoms with Gasteiger partial charge in [-0.05, 0) is 36.6 Å². The highest BCUT2D eigenvalue weighted by atomic mass is 16.5. The average molecular weight is 367 g/mol. The minimum Gasteiger partial charge on any atom is -0.467 e. The minimum absolute atomic E-state index is 0.0387. The van der Waals surface area contributed by atoms with E-state index in [1.54, 1.807) is 42.6 Å². The molecule has 1 saturated carbocycles. The lowest BCUT2D eigenvalue weighted by molar-refractivity contribution is -0.143. The molecule has 0 radical (unpaired) electrons. The molecule has 7 heteroatoms. The first-order valence-electron chi connectivity index (χ1n) is 8.69. The van der Waals surface area contributed by atoms with E-state index in [2.05, 4.69) is 15.6 Å². The van der Waals surface area contributed by atoms with Gasteiger partial charge in [0, 0.05) is 35.1 Å². The van der Waals surface area contributed by atoms with Gasteiger partial charge in [0.05, 0.1) is 7.11 Å². The Hall–Kier alpha value is -3.22. The molecule has 1 aliphatic rings. The van der Waals surface area contributed by atoms with E-state index in [1.807, 2.05) is 6.92 Å². The Morgan fingerprint density at radius 2 is 2.00 bits per heavy atom. The van der Waals surface area contributed by atoms with Crippen LogP contribution < -0.4 is 10.6 Å². The fourth-order valence-corrected chi connectivity index (χ4v) is 2.82. The number of nitrogens with zero attached hydrogens (tertiary/aromatic N) is 1. The molecule has 0 unspecified atom stereocenters. The first-order chi connectivity index (χ1) is 13.0. The van der Waals surface area contributed by atoms with Gasteiger partial charge in [0.2, 0.25) is 5.91 Å². The fourth-order valence-electron chi connectivity index (χ4n) is 2.82. The van der Waals surface area contributed by atoms with Crippen LogP contribution >= 0.6 is 0 Å². The van der Waals surface area contributed by atoms with Gasteiger partial charge in [-0.3, -0.25) is 14.6 Å². The normalized spacial score (nSPS) is 18.9. The summed E-state index contributed by atoms with van der Waals surface area (Å²) in [5.41, 5.74) is 1.39. The van der Waals surface area contributed by atoms with Gasteiger partial charge in [0.25, 0.3) is 5.91 Å². The molecule has 2 amide bonds. The van der Waals surface area contributed by atoms with Crippen LogP contribution in [0.2, 0.25) is 0 Å². The molecule has 0 aliphatic heterocycles. The molecule has 3 atom stereocenters. The van der Waals surface area contributed by atoms with Crippen LogP contribution in [0.5, 0.6) is 0 Å². The molecule has 27 heavy (non-hydrogen) atoms. The molecule has 140 valence electrons. The first kappa shape index (κ1) is 18.6. The average Bonchev–Trinajstić information content (AvgIpc) is 3.43. The summed E-state index contributed by atoms with van der Waals surface area (Å²) in [5.74, 6) is -0.648. The maximum Gasteiger partial charge on any atom is 0.333 e. The highest BCUT2D eigenvalue weighted by molar-refractivity contribution is 5.99. The lowest BCUT2D eigenvalue weighted by atomic mass is 10.1. The number of amides is 2. The van der Waals surface area contributed by atoms with Crippen molar-refractivity contribution < 1.29 is 19.1 Å². The highest BCUT2D eigenvalue weighted by Crippen LogP contribution is 2.38. The minimum atomic E-state index is -0.971. The summed E-state index contributed by atoms with van der Waals surface area (Å²) in [6, 6.07) is 8.98. The second kappa shape index (κ2) is 7.99. The zero-order chi connectivity index (χ0) is 19.4. The van der Waals surface area contributed by atoms with Crippen LogP contribution in [-0.4, -0.2) is 29.9 Å². The van der Waals surface area contributed by atoms with Crippen molar-refractivity contribution in [2.75, 3.05) is 12.4 Å². The van der Waals surface area contributed by atoms with E-state index in [1.165, 1.54) is 13.3 Å². The van der Waals surface area contributed by atoms with E-state index < -0.39 is 17.9 Å². The Labute approximate surface area is 157 Å². The van der Waals surface area contributed by atoms with Crippen molar-refractivity contribution in [3.63, 3.8) is 0 Å². The number of aromatic nitrogens is 1. The van der Waals surface area contributed by atoms with Gasteiger partial charge in [-0.15, -0.1) is 0 Å². The third-order valence-corrected chi connectivity index (χ3v) is 4.57. The number of hydrogen-bond donors (Lipinski definition) is 2. The first-order valence-corrected chi connectivity index (χ1v) is 8.69. The Balaban J connectivity index is 1.73. The summed E-state index contributed by atoms with van der Waals surface area (Å²) in [6.07, 6.45) is 3.96. The number of methoxy groups -OCH3 is 1. The molecular weight excluding hydrogens is 346 g/mol. The van der Waals surface area contributed by atoms with Gasteiger partial charge in [0.1, 0.15) is 0 Å². The lowest BCUT2D eigenvalue weighted by Gasteiger charge is -2.17. The number of carbonyl (C=O) groups is 3. The fraction of sp³-hybridized carbons (Fsp3) is 0.300. The number of esters is 1. The second-order valence-corrected chi connectivity index (χ2v) is 6.61. The van der Waals surface area contributed by atoms with Crippen LogP contribution in [0.3, 0.4) is 0 Å². The summed E-state index contributed by atoms with van der Waals surface area (Å²) in [6.45, 7) is 2.03. The number of hydrogen-bond acceptors (Lipinski definition) is 5. The van der Waals surface area contributed by atoms with Crippen molar-refractivity contribution in [2.45, 2.75) is 19.4 Å². The zero-order valence-electron chi connectivity index (χ0n) is 15.1. The van der Waals surface area contributed by atoms with Gasteiger partial charge < -0.3 is 15.4 Å². The van der Waals surface area contributed by atoms with E-state index in [0.717, 1.165) is 6.42 Å². The standard InChI is InChI=1S/C20H21N3O4/c1-12-9-16(12)19(25)22-15-7-3-5-13(10-15)18(24)23-17(20(26)27-2)14-6-4-8-21-11-14/h3-8,10-12,16-17H,9H2,1-2H3,(H,22,25)(H,23,24)/t12-,16+,17-/m1/s1. The number of benzene rings is 1. The number of rotatable bonds is 6. The Morgan fingerprint density at radius 3 is 2.63 bits per heavy atom. The summed E-state index contributed by atoms with van der Waals surface area (Å²) >= 11 is 0. The predicted octanol–water partition coefficient (Wildman–Crippen LogP) is 2.32. The van der Waals surface area contributed by atoms with E-state index in [0.29, 0.717) is 22.7 Å². The molecule has 1 aromatic carbocycles. The van der Waals surface area contributed by atoms with Crippen molar-refractivity contribution in [1.82, 2.24) is 10.3 Å². The highest BCUT2D eigenvalue weighted by Gasteiger charge is 2.39. The van der Waals surface area contributed by atoms with Crippen molar-refractivity contribution in [3.05, 3.63) is 59.9 Å². The topological polar surface area (TPSA) is 97.4 Å². The van der Waals surface area contributed by atoms with Crippen LogP contribution in [0, 0.1) is 11.8 Å². The van der Waals surface area contributed by atoms with Crippen LogP contribution in [0.15, 0.2) is 48.8 Å². The number of anilines is 1. The lowest BCUT2D eigenvalue weighted by Crippen LogP contribution is -2.34. The van der Waals surface area contributed by atoms with Gasteiger partial charge in [-0.2, -0.15) is 0 Å². The third kappa shape index (κ3) is 4.49. The van der Waals surface area contributed by atoms with Gasteiger partial charge in [-0.1, -0.05) is 19.1 Å². The molecule has 7 nitrogen and oxygen atoms in total. The number of carbonyl (C=O) groups excluding carboxylic acids is 3. The Kier molecular flexibility index (Phi) is 5.49.